The second kappa shape index (κ2) is 74.8. The van der Waals surface area contributed by atoms with Crippen LogP contribution >= 0.6 is 0 Å². The molecule has 0 aliphatic rings. The van der Waals surface area contributed by atoms with E-state index in [2.05, 4.69) is 43.5 Å². The van der Waals surface area contributed by atoms with E-state index < -0.39 is 12.1 Å². The Morgan fingerprint density at radius 3 is 0.835 bits per heavy atom. The molecule has 0 aromatic rings. The first-order valence-corrected chi connectivity index (χ1v) is 39.1. The van der Waals surface area contributed by atoms with E-state index >= 15 is 0 Å². The number of hydrogen-bond donors (Lipinski definition) is 3. The molecule has 3 N–H and O–H groups in total. The zero-order valence-electron chi connectivity index (χ0n) is 57.9. The average Bonchev–Trinajstić information content (AvgIpc) is 3.51. The van der Waals surface area contributed by atoms with Gasteiger partial charge >= 0.3 is 5.97 Å². The standard InChI is InChI=1S/C79H153NO5/c1-3-5-7-9-11-13-15-17-19-21-35-39-43-47-51-55-59-63-67-71-77(82)76(75-81)80-78(83)72-68-64-60-56-52-48-44-40-37-33-31-29-27-25-23-24-26-28-30-32-34-38-42-46-50-54-58-62-66-70-74-85-79(84)73-69-65-61-57-53-49-45-41-36-22-20-18-16-14-12-10-8-6-4-2/h18,20,24,26,76-77,81-82H,3-17,19,21-23,25,27-75H2,1-2H3,(H,80,83)/b20-18-,26-24-. The Hall–Kier alpha value is -1.66. The molecule has 0 radical (unpaired) electrons. The monoisotopic (exact) mass is 1200 g/mol. The Morgan fingerprint density at radius 2 is 0.553 bits per heavy atom. The molecule has 6 heteroatoms. The first-order chi connectivity index (χ1) is 42.0. The highest BCUT2D eigenvalue weighted by atomic mass is 16.5. The molecule has 85 heavy (non-hydrogen) atoms. The number of hydrogen-bond acceptors (Lipinski definition) is 5. The van der Waals surface area contributed by atoms with Crippen LogP contribution in [0.4, 0.5) is 0 Å². The number of aliphatic hydroxyl groups is 2. The van der Waals surface area contributed by atoms with Gasteiger partial charge in [-0.25, -0.2) is 0 Å². The smallest absolute Gasteiger partial charge is 0.305 e. The van der Waals surface area contributed by atoms with Gasteiger partial charge in [-0.15, -0.1) is 0 Å². The predicted octanol–water partition coefficient (Wildman–Crippen LogP) is 25.7. The second-order valence-corrected chi connectivity index (χ2v) is 27.0. The highest BCUT2D eigenvalue weighted by molar-refractivity contribution is 5.76. The Morgan fingerprint density at radius 1 is 0.318 bits per heavy atom. The Balaban J connectivity index is 3.35. The summed E-state index contributed by atoms with van der Waals surface area (Å²) in [6, 6.07) is -0.541. The van der Waals surface area contributed by atoms with Gasteiger partial charge in [-0.05, 0) is 77.0 Å². The van der Waals surface area contributed by atoms with Crippen LogP contribution in [0.5, 0.6) is 0 Å². The fourth-order valence-corrected chi connectivity index (χ4v) is 12.5. The maximum Gasteiger partial charge on any atom is 0.305 e. The molecular formula is C79H153NO5. The maximum absolute atomic E-state index is 12.6. The summed E-state index contributed by atoms with van der Waals surface area (Å²) in [4.78, 5) is 24.7. The van der Waals surface area contributed by atoms with Crippen molar-refractivity contribution in [1.82, 2.24) is 5.32 Å². The van der Waals surface area contributed by atoms with Crippen molar-refractivity contribution in [3.8, 4) is 0 Å². The van der Waals surface area contributed by atoms with Crippen LogP contribution in [0.25, 0.3) is 0 Å². The minimum atomic E-state index is -0.664. The molecule has 1 amide bonds. The Labute approximate surface area is 532 Å². The second-order valence-electron chi connectivity index (χ2n) is 27.0. The molecule has 0 bridgehead atoms. The Bertz CT molecular complexity index is 1330. The van der Waals surface area contributed by atoms with Crippen molar-refractivity contribution in [2.45, 2.75) is 456 Å². The third kappa shape index (κ3) is 71.3. The van der Waals surface area contributed by atoms with Gasteiger partial charge in [-0.3, -0.25) is 9.59 Å². The van der Waals surface area contributed by atoms with E-state index in [1.54, 1.807) is 0 Å². The van der Waals surface area contributed by atoms with Crippen LogP contribution in [0.1, 0.15) is 444 Å². The molecule has 2 unspecified atom stereocenters. The minimum Gasteiger partial charge on any atom is -0.466 e. The number of allylic oxidation sites excluding steroid dienone is 4. The van der Waals surface area contributed by atoms with Crippen LogP contribution in [0.15, 0.2) is 24.3 Å². The number of esters is 1. The summed E-state index contributed by atoms with van der Waals surface area (Å²) in [5.74, 6) is -0.0110. The lowest BCUT2D eigenvalue weighted by Gasteiger charge is -2.22. The summed E-state index contributed by atoms with van der Waals surface area (Å²) in [6.45, 7) is 5.00. The summed E-state index contributed by atoms with van der Waals surface area (Å²) in [5.41, 5.74) is 0. The normalized spacial score (nSPS) is 12.6. The van der Waals surface area contributed by atoms with Crippen LogP contribution in [-0.4, -0.2) is 47.4 Å². The van der Waals surface area contributed by atoms with Crippen molar-refractivity contribution >= 4 is 11.9 Å². The highest BCUT2D eigenvalue weighted by Crippen LogP contribution is 2.20. The zero-order chi connectivity index (χ0) is 61.3. The molecule has 2 atom stereocenters. The van der Waals surface area contributed by atoms with Gasteiger partial charge in [0.25, 0.3) is 0 Å². The SMILES string of the molecule is CCCCCCCC/C=C\CCCCCCCCCCCC(=O)OCCCCCCCCCCCCCC/C=C\CCCCCCCCCCCCCCCCC(=O)NC(CO)C(O)CCCCCCCCCCCCCCCCCCCCC. The van der Waals surface area contributed by atoms with Crippen LogP contribution in [-0.2, 0) is 14.3 Å². The number of carbonyl (C=O) groups is 2. The Kier molecular flexibility index (Phi) is 73.3. The molecule has 0 rings (SSSR count). The summed E-state index contributed by atoms with van der Waals surface area (Å²) in [7, 11) is 0. The highest BCUT2D eigenvalue weighted by Gasteiger charge is 2.20. The third-order valence-electron chi connectivity index (χ3n) is 18.5. The van der Waals surface area contributed by atoms with Crippen molar-refractivity contribution in [3.63, 3.8) is 0 Å². The van der Waals surface area contributed by atoms with Crippen molar-refractivity contribution in [3.05, 3.63) is 24.3 Å². The lowest BCUT2D eigenvalue weighted by atomic mass is 10.0. The number of amides is 1. The van der Waals surface area contributed by atoms with E-state index in [-0.39, 0.29) is 18.5 Å². The molecule has 0 aliphatic heterocycles. The summed E-state index contributed by atoms with van der Waals surface area (Å²) in [6.07, 6.45) is 95.4. The molecule has 0 aromatic carbocycles. The van der Waals surface area contributed by atoms with Gasteiger partial charge in [0.15, 0.2) is 0 Å². The minimum absolute atomic E-state index is 0.0178. The summed E-state index contributed by atoms with van der Waals surface area (Å²) in [5, 5.41) is 23.4. The number of nitrogens with one attached hydrogen (secondary N) is 1. The van der Waals surface area contributed by atoms with E-state index in [1.807, 2.05) is 0 Å². The molecule has 0 saturated carbocycles. The molecule has 0 fully saturated rings. The first-order valence-electron chi connectivity index (χ1n) is 39.1. The van der Waals surface area contributed by atoms with E-state index in [4.69, 9.17) is 4.74 Å². The predicted molar refractivity (Wildman–Crippen MR) is 375 cm³/mol. The van der Waals surface area contributed by atoms with E-state index in [0.29, 0.717) is 25.9 Å². The number of aliphatic hydroxyl groups excluding tert-OH is 2. The van der Waals surface area contributed by atoms with Crippen molar-refractivity contribution in [1.29, 1.82) is 0 Å². The lowest BCUT2D eigenvalue weighted by Crippen LogP contribution is -2.45. The molecule has 6 nitrogen and oxygen atoms in total. The van der Waals surface area contributed by atoms with Gasteiger partial charge in [0.1, 0.15) is 0 Å². The number of ether oxygens (including phenoxy) is 1. The molecule has 0 spiro atoms. The number of unbranched alkanes of at least 4 members (excludes halogenated alkanes) is 59. The average molecular weight is 1200 g/mol. The van der Waals surface area contributed by atoms with Crippen molar-refractivity contribution < 1.29 is 24.5 Å². The van der Waals surface area contributed by atoms with Gasteiger partial charge in [0.05, 0.1) is 25.4 Å². The summed E-state index contributed by atoms with van der Waals surface area (Å²) >= 11 is 0. The lowest BCUT2D eigenvalue weighted by molar-refractivity contribution is -0.143. The van der Waals surface area contributed by atoms with Gasteiger partial charge in [-0.2, -0.15) is 0 Å². The van der Waals surface area contributed by atoms with Crippen LogP contribution in [0.3, 0.4) is 0 Å². The zero-order valence-corrected chi connectivity index (χ0v) is 57.9. The summed E-state index contributed by atoms with van der Waals surface area (Å²) < 4.78 is 5.51. The largest absolute Gasteiger partial charge is 0.466 e. The van der Waals surface area contributed by atoms with Crippen LogP contribution in [0.2, 0.25) is 0 Å². The van der Waals surface area contributed by atoms with Crippen molar-refractivity contribution in [2.24, 2.45) is 0 Å². The first kappa shape index (κ1) is 83.3. The molecule has 0 aromatic heterocycles. The van der Waals surface area contributed by atoms with E-state index in [1.165, 1.54) is 372 Å². The van der Waals surface area contributed by atoms with Gasteiger partial charge in [0, 0.05) is 12.8 Å². The number of carbonyl (C=O) groups excluding carboxylic acids is 2. The molecule has 0 saturated heterocycles. The van der Waals surface area contributed by atoms with Gasteiger partial charge < -0.3 is 20.3 Å². The van der Waals surface area contributed by atoms with Gasteiger partial charge in [-0.1, -0.05) is 378 Å². The fraction of sp³-hybridized carbons (Fsp3) is 0.924. The molecule has 504 valence electrons. The topological polar surface area (TPSA) is 95.9 Å². The quantitative estimate of drug-likeness (QED) is 0.0320. The van der Waals surface area contributed by atoms with Crippen LogP contribution < -0.4 is 5.32 Å². The maximum atomic E-state index is 12.6. The van der Waals surface area contributed by atoms with E-state index in [0.717, 1.165) is 38.5 Å². The third-order valence-corrected chi connectivity index (χ3v) is 18.5. The number of rotatable bonds is 74. The molecule has 0 heterocycles. The van der Waals surface area contributed by atoms with Crippen molar-refractivity contribution in [2.75, 3.05) is 13.2 Å². The van der Waals surface area contributed by atoms with E-state index in [9.17, 15) is 19.8 Å². The molecular weight excluding hydrogens is 1040 g/mol. The van der Waals surface area contributed by atoms with Gasteiger partial charge in [0.2, 0.25) is 5.91 Å². The fourth-order valence-electron chi connectivity index (χ4n) is 12.5. The van der Waals surface area contributed by atoms with Crippen LogP contribution in [0, 0.1) is 0 Å². The molecule has 0 aliphatic carbocycles.